The summed E-state index contributed by atoms with van der Waals surface area (Å²) in [6.07, 6.45) is 6.22. The Morgan fingerprint density at radius 2 is 1.97 bits per heavy atom. The highest BCUT2D eigenvalue weighted by atomic mass is 32.2. The van der Waals surface area contributed by atoms with Crippen LogP contribution in [0.2, 0.25) is 0 Å². The maximum absolute atomic E-state index is 13.6. The predicted molar refractivity (Wildman–Crippen MR) is 128 cm³/mol. The second-order valence-corrected chi connectivity index (χ2v) is 10.6. The molecule has 2 aromatic heterocycles. The Morgan fingerprint density at radius 1 is 1.21 bits per heavy atom. The third-order valence-electron chi connectivity index (χ3n) is 6.02. The molecular formula is C25H29N3O5S. The quantitative estimate of drug-likeness (QED) is 0.502. The SMILES string of the molecule is Cc1ccc(C=Cc2onc(C)c2S(=O)(=O)N2CCCC(C(=O)N(C)Cc3ccco3)C2)cc1. The topological polar surface area (TPSA) is 96.9 Å². The van der Waals surface area contributed by atoms with Crippen molar-refractivity contribution in [1.29, 1.82) is 0 Å². The van der Waals surface area contributed by atoms with E-state index in [4.69, 9.17) is 8.94 Å². The number of aromatic nitrogens is 1. The second kappa shape index (κ2) is 9.99. The molecule has 1 saturated heterocycles. The lowest BCUT2D eigenvalue weighted by Gasteiger charge is -2.33. The van der Waals surface area contributed by atoms with E-state index in [-0.39, 0.29) is 23.1 Å². The third-order valence-corrected chi connectivity index (χ3v) is 8.04. The van der Waals surface area contributed by atoms with Gasteiger partial charge in [0.2, 0.25) is 15.9 Å². The van der Waals surface area contributed by atoms with E-state index in [1.807, 2.05) is 37.3 Å². The van der Waals surface area contributed by atoms with E-state index in [9.17, 15) is 13.2 Å². The lowest BCUT2D eigenvalue weighted by Crippen LogP contribution is -2.45. The van der Waals surface area contributed by atoms with Gasteiger partial charge in [-0.05, 0) is 50.5 Å². The fraction of sp³-hybridized carbons (Fsp3) is 0.360. The maximum Gasteiger partial charge on any atom is 0.248 e. The number of carbonyl (C=O) groups is 1. The fourth-order valence-corrected chi connectivity index (χ4v) is 5.94. The number of benzene rings is 1. The predicted octanol–water partition coefficient (Wildman–Crippen LogP) is 4.11. The molecule has 9 heteroatoms. The molecule has 0 saturated carbocycles. The Labute approximate surface area is 199 Å². The number of amides is 1. The monoisotopic (exact) mass is 483 g/mol. The number of hydrogen-bond donors (Lipinski definition) is 0. The number of furan rings is 1. The van der Waals surface area contributed by atoms with Crippen LogP contribution in [0, 0.1) is 19.8 Å². The van der Waals surface area contributed by atoms with E-state index < -0.39 is 15.9 Å². The van der Waals surface area contributed by atoms with Crippen molar-refractivity contribution in [3.8, 4) is 0 Å². The lowest BCUT2D eigenvalue weighted by molar-refractivity contribution is -0.136. The van der Waals surface area contributed by atoms with Crippen molar-refractivity contribution in [2.45, 2.75) is 38.1 Å². The molecule has 1 fully saturated rings. The van der Waals surface area contributed by atoms with Gasteiger partial charge in [0.15, 0.2) is 10.7 Å². The summed E-state index contributed by atoms with van der Waals surface area (Å²) >= 11 is 0. The maximum atomic E-state index is 13.6. The molecule has 0 radical (unpaired) electrons. The molecule has 3 aromatic rings. The van der Waals surface area contributed by atoms with Crippen molar-refractivity contribution in [1.82, 2.24) is 14.4 Å². The first-order valence-corrected chi connectivity index (χ1v) is 12.7. The number of carbonyl (C=O) groups excluding carboxylic acids is 1. The Balaban J connectivity index is 1.52. The smallest absolute Gasteiger partial charge is 0.248 e. The largest absolute Gasteiger partial charge is 0.467 e. The Bertz CT molecular complexity index is 1260. The zero-order valence-electron chi connectivity index (χ0n) is 19.6. The van der Waals surface area contributed by atoms with E-state index in [1.165, 1.54) is 4.31 Å². The highest BCUT2D eigenvalue weighted by Crippen LogP contribution is 2.30. The van der Waals surface area contributed by atoms with Crippen LogP contribution in [0.25, 0.3) is 12.2 Å². The molecule has 0 N–H and O–H groups in total. The minimum Gasteiger partial charge on any atom is -0.467 e. The summed E-state index contributed by atoms with van der Waals surface area (Å²) < 4.78 is 39.3. The van der Waals surface area contributed by atoms with Crippen LogP contribution in [0.15, 0.2) is 56.5 Å². The third kappa shape index (κ3) is 5.15. The summed E-state index contributed by atoms with van der Waals surface area (Å²) in [5.41, 5.74) is 2.36. The summed E-state index contributed by atoms with van der Waals surface area (Å²) in [7, 11) is -2.19. The molecule has 8 nitrogen and oxygen atoms in total. The summed E-state index contributed by atoms with van der Waals surface area (Å²) in [6.45, 7) is 4.43. The standard InChI is InChI=1S/C25H29N3O5S/c1-18-8-10-20(11-9-18)12-13-23-24(19(2)26-33-23)34(30,31)28-14-4-6-21(16-28)25(29)27(3)17-22-7-5-15-32-22/h5,7-13,15,21H,4,6,14,16-17H2,1-3H3. The molecule has 0 aliphatic carbocycles. The summed E-state index contributed by atoms with van der Waals surface area (Å²) in [4.78, 5) is 14.7. The van der Waals surface area contributed by atoms with E-state index in [2.05, 4.69) is 5.16 Å². The molecular weight excluding hydrogens is 454 g/mol. The van der Waals surface area contributed by atoms with Gasteiger partial charge in [0.25, 0.3) is 0 Å². The number of rotatable bonds is 7. The first-order chi connectivity index (χ1) is 16.3. The number of aryl methyl sites for hydroxylation is 2. The molecule has 0 bridgehead atoms. The van der Waals surface area contributed by atoms with Gasteiger partial charge in [0.05, 0.1) is 18.7 Å². The molecule has 1 unspecified atom stereocenters. The first-order valence-electron chi connectivity index (χ1n) is 11.2. The molecule has 1 aromatic carbocycles. The van der Waals surface area contributed by atoms with Gasteiger partial charge in [-0.3, -0.25) is 4.79 Å². The Morgan fingerprint density at radius 3 is 2.68 bits per heavy atom. The van der Waals surface area contributed by atoms with Gasteiger partial charge in [-0.15, -0.1) is 0 Å². The number of hydrogen-bond acceptors (Lipinski definition) is 6. The zero-order valence-corrected chi connectivity index (χ0v) is 20.4. The van der Waals surface area contributed by atoms with Crippen LogP contribution in [0.5, 0.6) is 0 Å². The van der Waals surface area contributed by atoms with Gasteiger partial charge < -0.3 is 13.8 Å². The lowest BCUT2D eigenvalue weighted by atomic mass is 9.98. The molecule has 1 atom stereocenters. The average Bonchev–Trinajstić information content (AvgIpc) is 3.48. The van der Waals surface area contributed by atoms with Crippen LogP contribution in [-0.2, 0) is 21.4 Å². The van der Waals surface area contributed by atoms with E-state index in [0.717, 1.165) is 11.1 Å². The highest BCUT2D eigenvalue weighted by molar-refractivity contribution is 7.89. The van der Waals surface area contributed by atoms with Crippen molar-refractivity contribution >= 4 is 28.1 Å². The number of sulfonamides is 1. The minimum atomic E-state index is -3.90. The fourth-order valence-electron chi connectivity index (χ4n) is 4.17. The Kier molecular flexibility index (Phi) is 7.04. The minimum absolute atomic E-state index is 0.0490. The van der Waals surface area contributed by atoms with Crippen molar-refractivity contribution < 1.29 is 22.2 Å². The van der Waals surface area contributed by atoms with Gasteiger partial charge in [0.1, 0.15) is 11.5 Å². The van der Waals surface area contributed by atoms with Crippen LogP contribution < -0.4 is 0 Å². The van der Waals surface area contributed by atoms with Crippen LogP contribution in [-0.4, -0.2) is 48.8 Å². The molecule has 180 valence electrons. The molecule has 4 rings (SSSR count). The summed E-state index contributed by atoms with van der Waals surface area (Å²) in [6, 6.07) is 11.4. The molecule has 1 aliphatic heterocycles. The van der Waals surface area contributed by atoms with Crippen LogP contribution in [0.4, 0.5) is 0 Å². The number of piperidine rings is 1. The van der Waals surface area contributed by atoms with E-state index in [0.29, 0.717) is 37.4 Å². The van der Waals surface area contributed by atoms with Gasteiger partial charge in [-0.1, -0.05) is 41.1 Å². The van der Waals surface area contributed by atoms with Crippen LogP contribution in [0.1, 0.15) is 41.2 Å². The molecule has 0 spiro atoms. The average molecular weight is 484 g/mol. The van der Waals surface area contributed by atoms with Gasteiger partial charge in [-0.2, -0.15) is 4.31 Å². The molecule has 1 aliphatic rings. The van der Waals surface area contributed by atoms with E-state index >= 15 is 0 Å². The van der Waals surface area contributed by atoms with Gasteiger partial charge in [-0.25, -0.2) is 8.42 Å². The second-order valence-electron chi connectivity index (χ2n) is 8.68. The van der Waals surface area contributed by atoms with Crippen molar-refractivity contribution in [3.05, 3.63) is 71.0 Å². The molecule has 34 heavy (non-hydrogen) atoms. The Hall–Kier alpha value is -3.17. The number of nitrogens with zero attached hydrogens (tertiary/aromatic N) is 3. The van der Waals surface area contributed by atoms with Crippen LogP contribution >= 0.6 is 0 Å². The normalized spacial score (nSPS) is 17.3. The van der Waals surface area contributed by atoms with Crippen molar-refractivity contribution in [2.24, 2.45) is 5.92 Å². The summed E-state index contributed by atoms with van der Waals surface area (Å²) in [5.74, 6) is 0.343. The van der Waals surface area contributed by atoms with Crippen molar-refractivity contribution in [3.63, 3.8) is 0 Å². The zero-order chi connectivity index (χ0) is 24.3. The molecule has 3 heterocycles. The van der Waals surface area contributed by atoms with E-state index in [1.54, 1.807) is 43.4 Å². The van der Waals surface area contributed by atoms with Crippen LogP contribution in [0.3, 0.4) is 0 Å². The van der Waals surface area contributed by atoms with Gasteiger partial charge in [0, 0.05) is 20.1 Å². The van der Waals surface area contributed by atoms with Gasteiger partial charge >= 0.3 is 0 Å². The first kappa shape index (κ1) is 24.0. The molecule has 1 amide bonds. The van der Waals surface area contributed by atoms with Crippen molar-refractivity contribution in [2.75, 3.05) is 20.1 Å². The highest BCUT2D eigenvalue weighted by Gasteiger charge is 2.37. The summed E-state index contributed by atoms with van der Waals surface area (Å²) in [5, 5.41) is 3.91.